The summed E-state index contributed by atoms with van der Waals surface area (Å²) >= 11 is 0. The zero-order chi connectivity index (χ0) is 16.0. The van der Waals surface area contributed by atoms with Crippen LogP contribution in [0.2, 0.25) is 0 Å². The second kappa shape index (κ2) is 7.95. The van der Waals surface area contributed by atoms with E-state index in [1.165, 1.54) is 0 Å². The Balaban J connectivity index is 2.50. The lowest BCUT2D eigenvalue weighted by molar-refractivity contribution is -0.122. The quantitative estimate of drug-likeness (QED) is 0.561. The number of rotatable bonds is 8. The number of hydrogen-bond acceptors (Lipinski definition) is 4. The second-order valence-electron chi connectivity index (χ2n) is 5.28. The molecule has 0 saturated heterocycles. The maximum absolute atomic E-state index is 12.3. The predicted octanol–water partition coefficient (Wildman–Crippen LogP) is 0.519. The summed E-state index contributed by atoms with van der Waals surface area (Å²) in [7, 11) is 5.29. The molecule has 1 aromatic rings. The van der Waals surface area contributed by atoms with Gasteiger partial charge in [0.25, 0.3) is 0 Å². The number of amides is 1. The van der Waals surface area contributed by atoms with Gasteiger partial charge in [0.1, 0.15) is 0 Å². The number of carbonyl (C=O) groups is 2. The van der Waals surface area contributed by atoms with Gasteiger partial charge in [-0.2, -0.15) is 0 Å². The summed E-state index contributed by atoms with van der Waals surface area (Å²) in [4.78, 5) is 25.6. The van der Waals surface area contributed by atoms with E-state index in [1.54, 1.807) is 19.1 Å². The zero-order valence-electron chi connectivity index (χ0n) is 13.5. The summed E-state index contributed by atoms with van der Waals surface area (Å²) in [5, 5.41) is 2.73. The van der Waals surface area contributed by atoms with Gasteiger partial charge in [-0.15, -0.1) is 0 Å². The Hall–Kier alpha value is -1.66. The topological polar surface area (TPSA) is 63.6 Å². The first kappa shape index (κ1) is 17.4. The molecule has 6 heteroatoms. The number of nitrogens with one attached hydrogen (secondary N) is 1. The molecular formula is C15H25N3O3. The molecule has 1 rings (SSSR count). The summed E-state index contributed by atoms with van der Waals surface area (Å²) in [6.45, 7) is 5.28. The number of likely N-dealkylation sites (N-methyl/N-ethyl adjacent to an activating group) is 1. The molecule has 118 valence electrons. The summed E-state index contributed by atoms with van der Waals surface area (Å²) < 4.78 is 6.85. The second-order valence-corrected chi connectivity index (χ2v) is 5.28. The molecule has 0 aliphatic rings. The molecule has 1 amide bonds. The van der Waals surface area contributed by atoms with E-state index in [-0.39, 0.29) is 24.8 Å². The Morgan fingerprint density at radius 3 is 2.52 bits per heavy atom. The minimum atomic E-state index is -0.108. The number of ketones is 1. The van der Waals surface area contributed by atoms with Crippen LogP contribution in [-0.2, 0) is 16.6 Å². The maximum atomic E-state index is 12.3. The van der Waals surface area contributed by atoms with Crippen molar-refractivity contribution < 1.29 is 14.3 Å². The Morgan fingerprint density at radius 1 is 1.33 bits per heavy atom. The van der Waals surface area contributed by atoms with Gasteiger partial charge in [-0.1, -0.05) is 0 Å². The molecule has 1 heterocycles. The van der Waals surface area contributed by atoms with Gasteiger partial charge >= 0.3 is 0 Å². The first-order valence-electron chi connectivity index (χ1n) is 6.97. The number of aromatic nitrogens is 1. The number of nitrogens with zero attached hydrogens (tertiary/aromatic N) is 2. The van der Waals surface area contributed by atoms with Crippen molar-refractivity contribution in [1.29, 1.82) is 0 Å². The van der Waals surface area contributed by atoms with Gasteiger partial charge in [-0.3, -0.25) is 14.5 Å². The highest BCUT2D eigenvalue weighted by atomic mass is 16.5. The van der Waals surface area contributed by atoms with E-state index in [2.05, 4.69) is 5.32 Å². The highest BCUT2D eigenvalue weighted by molar-refractivity contribution is 5.99. The monoisotopic (exact) mass is 295 g/mol. The fourth-order valence-corrected chi connectivity index (χ4v) is 2.12. The van der Waals surface area contributed by atoms with Crippen LogP contribution < -0.4 is 5.32 Å². The Labute approximate surface area is 126 Å². The van der Waals surface area contributed by atoms with E-state index in [9.17, 15) is 9.59 Å². The fourth-order valence-electron chi connectivity index (χ4n) is 2.12. The van der Waals surface area contributed by atoms with Crippen LogP contribution >= 0.6 is 0 Å². The van der Waals surface area contributed by atoms with E-state index < -0.39 is 0 Å². The van der Waals surface area contributed by atoms with Gasteiger partial charge in [-0.25, -0.2) is 0 Å². The molecule has 0 aliphatic heterocycles. The Bertz CT molecular complexity index is 509. The van der Waals surface area contributed by atoms with Crippen molar-refractivity contribution >= 4 is 11.7 Å². The van der Waals surface area contributed by atoms with Crippen molar-refractivity contribution in [1.82, 2.24) is 14.8 Å². The molecule has 0 spiro atoms. The number of Topliss-reactive ketones (excluding diaryl/α,β-unsaturated/α-hetero) is 1. The average Bonchev–Trinajstić information content (AvgIpc) is 2.66. The fraction of sp³-hybridized carbons (Fsp3) is 0.600. The molecule has 0 unspecified atom stereocenters. The molecular weight excluding hydrogens is 270 g/mol. The number of aryl methyl sites for hydroxylation is 1. The predicted molar refractivity (Wildman–Crippen MR) is 81.6 cm³/mol. The Morgan fingerprint density at radius 2 is 2.00 bits per heavy atom. The molecule has 6 nitrogen and oxygen atoms in total. The first-order chi connectivity index (χ1) is 9.86. The van der Waals surface area contributed by atoms with E-state index in [1.807, 2.05) is 31.5 Å². The van der Waals surface area contributed by atoms with Crippen molar-refractivity contribution in [3.8, 4) is 0 Å². The smallest absolute Gasteiger partial charge is 0.234 e. The molecule has 0 atom stereocenters. The first-order valence-corrected chi connectivity index (χ1v) is 6.97. The number of hydrogen-bond donors (Lipinski definition) is 1. The molecule has 21 heavy (non-hydrogen) atoms. The minimum Gasteiger partial charge on any atom is -0.383 e. The number of ether oxygens (including phenoxy) is 1. The largest absolute Gasteiger partial charge is 0.383 e. The van der Waals surface area contributed by atoms with Gasteiger partial charge < -0.3 is 14.6 Å². The average molecular weight is 295 g/mol. The van der Waals surface area contributed by atoms with Crippen LogP contribution in [0.5, 0.6) is 0 Å². The molecule has 0 fully saturated rings. The zero-order valence-corrected chi connectivity index (χ0v) is 13.5. The van der Waals surface area contributed by atoms with Crippen LogP contribution in [0.1, 0.15) is 21.7 Å². The molecule has 0 aromatic carbocycles. The number of methoxy groups -OCH3 is 1. The molecule has 0 aliphatic carbocycles. The molecule has 0 saturated carbocycles. The standard InChI is InChI=1S/C15H25N3O3/c1-11-8-13(12(2)18(11)4)14(19)9-17(3)10-15(20)16-6-7-21-5/h8H,6-7,9-10H2,1-5H3,(H,16,20). The summed E-state index contributed by atoms with van der Waals surface area (Å²) in [6, 6.07) is 1.89. The van der Waals surface area contributed by atoms with E-state index in [0.29, 0.717) is 13.2 Å². The van der Waals surface area contributed by atoms with Crippen molar-refractivity contribution in [3.63, 3.8) is 0 Å². The molecule has 1 N–H and O–H groups in total. The third-order valence-electron chi connectivity index (χ3n) is 3.53. The lowest BCUT2D eigenvalue weighted by Gasteiger charge is -2.15. The highest BCUT2D eigenvalue weighted by Gasteiger charge is 2.16. The molecule has 1 aromatic heterocycles. The Kier molecular flexibility index (Phi) is 6.58. The lowest BCUT2D eigenvalue weighted by Crippen LogP contribution is -2.38. The van der Waals surface area contributed by atoms with Crippen LogP contribution in [0, 0.1) is 13.8 Å². The van der Waals surface area contributed by atoms with Crippen molar-refractivity contribution in [3.05, 3.63) is 23.0 Å². The maximum Gasteiger partial charge on any atom is 0.234 e. The summed E-state index contributed by atoms with van der Waals surface area (Å²) in [6.07, 6.45) is 0. The third-order valence-corrected chi connectivity index (χ3v) is 3.53. The third kappa shape index (κ3) is 4.99. The van der Waals surface area contributed by atoms with Gasteiger partial charge in [0.05, 0.1) is 19.7 Å². The minimum absolute atomic E-state index is 0.0309. The summed E-state index contributed by atoms with van der Waals surface area (Å²) in [5.41, 5.74) is 2.73. The van der Waals surface area contributed by atoms with Crippen LogP contribution in [0.25, 0.3) is 0 Å². The van der Waals surface area contributed by atoms with Crippen LogP contribution in [0.15, 0.2) is 6.07 Å². The normalized spacial score (nSPS) is 11.0. The van der Waals surface area contributed by atoms with Crippen LogP contribution in [0.3, 0.4) is 0 Å². The van der Waals surface area contributed by atoms with Crippen molar-refractivity contribution in [2.24, 2.45) is 7.05 Å². The van der Waals surface area contributed by atoms with E-state index in [0.717, 1.165) is 17.0 Å². The lowest BCUT2D eigenvalue weighted by atomic mass is 10.1. The van der Waals surface area contributed by atoms with Gasteiger partial charge in [0.2, 0.25) is 5.91 Å². The summed E-state index contributed by atoms with van der Waals surface area (Å²) in [5.74, 6) is -0.0771. The van der Waals surface area contributed by atoms with E-state index >= 15 is 0 Å². The van der Waals surface area contributed by atoms with Crippen molar-refractivity contribution in [2.45, 2.75) is 13.8 Å². The number of carbonyl (C=O) groups excluding carboxylic acids is 2. The van der Waals surface area contributed by atoms with Gasteiger partial charge in [-0.05, 0) is 27.0 Å². The SMILES string of the molecule is COCCNC(=O)CN(C)CC(=O)c1cc(C)n(C)c1C. The van der Waals surface area contributed by atoms with Crippen LogP contribution in [-0.4, -0.2) is 61.6 Å². The highest BCUT2D eigenvalue weighted by Crippen LogP contribution is 2.14. The van der Waals surface area contributed by atoms with E-state index in [4.69, 9.17) is 4.74 Å². The molecule has 0 bridgehead atoms. The van der Waals surface area contributed by atoms with Crippen molar-refractivity contribution in [2.75, 3.05) is 40.4 Å². The molecule has 0 radical (unpaired) electrons. The van der Waals surface area contributed by atoms with Gasteiger partial charge in [0.15, 0.2) is 5.78 Å². The van der Waals surface area contributed by atoms with Gasteiger partial charge in [0, 0.05) is 37.7 Å². The van der Waals surface area contributed by atoms with Crippen LogP contribution in [0.4, 0.5) is 0 Å².